The smallest absolute Gasteiger partial charge is 0.254 e. The number of anilines is 1. The number of carbonyl (C=O) groups excluding carboxylic acids is 1. The van der Waals surface area contributed by atoms with Crippen LogP contribution in [0.4, 0.5) is 5.69 Å². The Hall–Kier alpha value is -1.55. The number of nitrogens with zero attached hydrogens (tertiary/aromatic N) is 1. The number of benzene rings is 1. The van der Waals surface area contributed by atoms with Crippen LogP contribution in [0.3, 0.4) is 0 Å². The minimum absolute atomic E-state index is 0.0834. The van der Waals surface area contributed by atoms with Crippen LogP contribution in [0, 0.1) is 0 Å². The van der Waals surface area contributed by atoms with Gasteiger partial charge in [-0.3, -0.25) is 15.2 Å². The minimum Gasteiger partial charge on any atom is -0.306 e. The van der Waals surface area contributed by atoms with Gasteiger partial charge in [-0.15, -0.1) is 0 Å². The van der Waals surface area contributed by atoms with Crippen LogP contribution >= 0.6 is 0 Å². The Labute approximate surface area is 82.9 Å². The quantitative estimate of drug-likeness (QED) is 0.713. The van der Waals surface area contributed by atoms with Gasteiger partial charge in [0.05, 0.1) is 18.8 Å². The van der Waals surface area contributed by atoms with Gasteiger partial charge in [-0.25, -0.2) is 0 Å². The van der Waals surface area contributed by atoms with Gasteiger partial charge in [0.25, 0.3) is 5.91 Å². The van der Waals surface area contributed by atoms with Crippen LogP contribution in [0.25, 0.3) is 0 Å². The fraction of sp³-hybridized carbons (Fsp3) is 0.300. The summed E-state index contributed by atoms with van der Waals surface area (Å²) < 4.78 is 0. The monoisotopic (exact) mass is 191 g/mol. The summed E-state index contributed by atoms with van der Waals surface area (Å²) in [5.41, 5.74) is 4.02. The summed E-state index contributed by atoms with van der Waals surface area (Å²) in [5.74, 6) is 0.0834. The molecule has 1 saturated heterocycles. The molecule has 1 aliphatic heterocycles. The molecule has 0 unspecified atom stereocenters. The van der Waals surface area contributed by atoms with E-state index in [1.165, 1.54) is 0 Å². The van der Waals surface area contributed by atoms with Gasteiger partial charge in [0.15, 0.2) is 0 Å². The van der Waals surface area contributed by atoms with Gasteiger partial charge < -0.3 is 5.32 Å². The van der Waals surface area contributed by atoms with E-state index >= 15 is 0 Å². The van der Waals surface area contributed by atoms with Gasteiger partial charge in [-0.2, -0.15) is 0 Å². The molecule has 0 aromatic heterocycles. The SMILES string of the molecule is O=C1CNCCN1Nc1ccccc1. The third-order valence-corrected chi connectivity index (χ3v) is 2.13. The lowest BCUT2D eigenvalue weighted by Gasteiger charge is -2.28. The average Bonchev–Trinajstić information content (AvgIpc) is 2.23. The fourth-order valence-electron chi connectivity index (χ4n) is 1.39. The van der Waals surface area contributed by atoms with Crippen molar-refractivity contribution in [2.45, 2.75) is 0 Å². The number of rotatable bonds is 2. The van der Waals surface area contributed by atoms with E-state index in [1.54, 1.807) is 5.01 Å². The van der Waals surface area contributed by atoms with Crippen LogP contribution < -0.4 is 10.7 Å². The fourth-order valence-corrected chi connectivity index (χ4v) is 1.39. The summed E-state index contributed by atoms with van der Waals surface area (Å²) in [6, 6.07) is 9.71. The molecule has 1 aliphatic rings. The molecule has 1 aromatic rings. The van der Waals surface area contributed by atoms with E-state index in [9.17, 15) is 4.79 Å². The first-order valence-electron chi connectivity index (χ1n) is 4.69. The Bertz CT molecular complexity index is 312. The van der Waals surface area contributed by atoms with Crippen LogP contribution in [0.2, 0.25) is 0 Å². The van der Waals surface area contributed by atoms with Crippen molar-refractivity contribution in [2.24, 2.45) is 0 Å². The number of amides is 1. The van der Waals surface area contributed by atoms with E-state index in [0.29, 0.717) is 13.1 Å². The highest BCUT2D eigenvalue weighted by molar-refractivity contribution is 5.80. The number of hydrogen-bond acceptors (Lipinski definition) is 3. The van der Waals surface area contributed by atoms with Crippen LogP contribution in [0.15, 0.2) is 30.3 Å². The Kier molecular flexibility index (Phi) is 2.65. The molecule has 0 atom stereocenters. The van der Waals surface area contributed by atoms with Crippen molar-refractivity contribution in [2.75, 3.05) is 25.1 Å². The molecule has 2 N–H and O–H groups in total. The van der Waals surface area contributed by atoms with E-state index in [2.05, 4.69) is 10.7 Å². The van der Waals surface area contributed by atoms with Gasteiger partial charge in [0, 0.05) is 6.54 Å². The zero-order valence-corrected chi connectivity index (χ0v) is 7.86. The molecule has 2 rings (SSSR count). The molecule has 4 heteroatoms. The minimum atomic E-state index is 0.0834. The average molecular weight is 191 g/mol. The van der Waals surface area contributed by atoms with Crippen molar-refractivity contribution >= 4 is 11.6 Å². The molecule has 1 fully saturated rings. The molecule has 1 amide bonds. The van der Waals surface area contributed by atoms with Gasteiger partial charge in [0.2, 0.25) is 0 Å². The molecule has 14 heavy (non-hydrogen) atoms. The van der Waals surface area contributed by atoms with Crippen molar-refractivity contribution in [1.29, 1.82) is 0 Å². The second-order valence-corrected chi connectivity index (χ2v) is 3.20. The standard InChI is InChI=1S/C10H13N3O/c14-10-8-11-6-7-13(10)12-9-4-2-1-3-5-9/h1-5,11-12H,6-8H2. The van der Waals surface area contributed by atoms with Crippen LogP contribution in [0.1, 0.15) is 0 Å². The first kappa shape index (κ1) is 9.02. The molecule has 1 heterocycles. The van der Waals surface area contributed by atoms with Gasteiger partial charge in [-0.05, 0) is 12.1 Å². The molecule has 0 bridgehead atoms. The maximum absolute atomic E-state index is 11.4. The van der Waals surface area contributed by atoms with Crippen LogP contribution in [-0.4, -0.2) is 30.6 Å². The summed E-state index contributed by atoms with van der Waals surface area (Å²) >= 11 is 0. The lowest BCUT2D eigenvalue weighted by Crippen LogP contribution is -2.50. The number of hydrazine groups is 1. The van der Waals surface area contributed by atoms with E-state index in [-0.39, 0.29) is 5.91 Å². The Morgan fingerprint density at radius 1 is 1.29 bits per heavy atom. The predicted octanol–water partition coefficient (Wildman–Crippen LogP) is 0.445. The number of carbonyl (C=O) groups is 1. The molecular weight excluding hydrogens is 178 g/mol. The normalized spacial score (nSPS) is 16.9. The Balaban J connectivity index is 2.00. The van der Waals surface area contributed by atoms with E-state index < -0.39 is 0 Å². The first-order valence-corrected chi connectivity index (χ1v) is 4.69. The summed E-state index contributed by atoms with van der Waals surface area (Å²) in [4.78, 5) is 11.4. The largest absolute Gasteiger partial charge is 0.306 e. The molecule has 74 valence electrons. The first-order chi connectivity index (χ1) is 6.86. The molecule has 0 radical (unpaired) electrons. The van der Waals surface area contributed by atoms with Crippen LogP contribution in [-0.2, 0) is 4.79 Å². The highest BCUT2D eigenvalue weighted by atomic mass is 16.2. The van der Waals surface area contributed by atoms with Gasteiger partial charge in [0.1, 0.15) is 0 Å². The topological polar surface area (TPSA) is 44.4 Å². The molecule has 0 spiro atoms. The lowest BCUT2D eigenvalue weighted by molar-refractivity contribution is -0.130. The highest BCUT2D eigenvalue weighted by Crippen LogP contribution is 2.07. The zero-order valence-electron chi connectivity index (χ0n) is 7.86. The number of nitrogens with one attached hydrogen (secondary N) is 2. The second-order valence-electron chi connectivity index (χ2n) is 3.20. The lowest BCUT2D eigenvalue weighted by atomic mass is 10.3. The molecule has 4 nitrogen and oxygen atoms in total. The highest BCUT2D eigenvalue weighted by Gasteiger charge is 2.16. The summed E-state index contributed by atoms with van der Waals surface area (Å²) in [6.07, 6.45) is 0. The Morgan fingerprint density at radius 3 is 2.79 bits per heavy atom. The third-order valence-electron chi connectivity index (χ3n) is 2.13. The van der Waals surface area contributed by atoms with Crippen LogP contribution in [0.5, 0.6) is 0 Å². The molecule has 1 aromatic carbocycles. The number of hydrogen-bond donors (Lipinski definition) is 2. The van der Waals surface area contributed by atoms with E-state index in [4.69, 9.17) is 0 Å². The number of para-hydroxylation sites is 1. The maximum Gasteiger partial charge on any atom is 0.254 e. The van der Waals surface area contributed by atoms with Crippen molar-refractivity contribution < 1.29 is 4.79 Å². The number of piperazine rings is 1. The van der Waals surface area contributed by atoms with Crippen molar-refractivity contribution in [3.8, 4) is 0 Å². The molecule has 0 saturated carbocycles. The maximum atomic E-state index is 11.4. The summed E-state index contributed by atoms with van der Waals surface area (Å²) in [6.45, 7) is 1.96. The van der Waals surface area contributed by atoms with Crippen molar-refractivity contribution in [1.82, 2.24) is 10.3 Å². The molecular formula is C10H13N3O. The summed E-state index contributed by atoms with van der Waals surface area (Å²) in [5, 5.41) is 4.66. The zero-order chi connectivity index (χ0) is 9.80. The van der Waals surface area contributed by atoms with E-state index in [0.717, 1.165) is 12.2 Å². The van der Waals surface area contributed by atoms with Gasteiger partial charge >= 0.3 is 0 Å². The van der Waals surface area contributed by atoms with Crippen molar-refractivity contribution in [3.05, 3.63) is 30.3 Å². The van der Waals surface area contributed by atoms with Gasteiger partial charge in [-0.1, -0.05) is 18.2 Å². The predicted molar refractivity (Wildman–Crippen MR) is 54.6 cm³/mol. The molecule has 0 aliphatic carbocycles. The van der Waals surface area contributed by atoms with Crippen molar-refractivity contribution in [3.63, 3.8) is 0 Å². The van der Waals surface area contributed by atoms with E-state index in [1.807, 2.05) is 30.3 Å². The third kappa shape index (κ3) is 2.03. The summed E-state index contributed by atoms with van der Waals surface area (Å²) in [7, 11) is 0. The second kappa shape index (κ2) is 4.11. The Morgan fingerprint density at radius 2 is 2.07 bits per heavy atom.